The molecule has 0 saturated carbocycles. The van der Waals surface area contributed by atoms with Gasteiger partial charge < -0.3 is 5.73 Å². The highest BCUT2D eigenvalue weighted by molar-refractivity contribution is 7.84. The Morgan fingerprint density at radius 1 is 1.44 bits per heavy atom. The average molecular weight is 236 g/mol. The highest BCUT2D eigenvalue weighted by atomic mass is 32.2. The van der Waals surface area contributed by atoms with E-state index in [2.05, 4.69) is 6.07 Å². The Balaban J connectivity index is 2.60. The third-order valence-electron chi connectivity index (χ3n) is 2.41. The average Bonchev–Trinajstić information content (AvgIpc) is 2.30. The van der Waals surface area contributed by atoms with Crippen molar-refractivity contribution < 1.29 is 4.21 Å². The van der Waals surface area contributed by atoms with E-state index in [-0.39, 0.29) is 5.25 Å². The van der Waals surface area contributed by atoms with Crippen molar-refractivity contribution in [1.29, 1.82) is 5.26 Å². The molecule has 2 atom stereocenters. The Morgan fingerprint density at radius 2 is 2.06 bits per heavy atom. The van der Waals surface area contributed by atoms with Crippen LogP contribution >= 0.6 is 0 Å². The highest BCUT2D eigenvalue weighted by Gasteiger charge is 2.10. The number of hydrogen-bond acceptors (Lipinski definition) is 3. The molecular weight excluding hydrogens is 220 g/mol. The molecule has 2 N–H and O–H groups in total. The van der Waals surface area contributed by atoms with Crippen molar-refractivity contribution in [1.82, 2.24) is 0 Å². The third-order valence-corrected chi connectivity index (χ3v) is 4.17. The van der Waals surface area contributed by atoms with Gasteiger partial charge in [0.15, 0.2) is 0 Å². The van der Waals surface area contributed by atoms with E-state index < -0.39 is 10.8 Å². The Kier molecular flexibility index (Phi) is 5.17. The summed E-state index contributed by atoms with van der Waals surface area (Å²) in [7, 11) is -0.887. The number of nitrogens with two attached hydrogens (primary N) is 1. The number of rotatable bonds is 5. The van der Waals surface area contributed by atoms with Crippen LogP contribution in [-0.2, 0) is 16.6 Å². The van der Waals surface area contributed by atoms with Gasteiger partial charge in [0.2, 0.25) is 0 Å². The lowest BCUT2D eigenvalue weighted by Crippen LogP contribution is -2.17. The maximum Gasteiger partial charge on any atom is 0.0991 e. The second-order valence-corrected chi connectivity index (χ2v) is 5.58. The molecular formula is C12H16N2OS. The van der Waals surface area contributed by atoms with Crippen LogP contribution in [0.1, 0.15) is 24.5 Å². The lowest BCUT2D eigenvalue weighted by atomic mass is 10.2. The molecule has 0 amide bonds. The molecule has 86 valence electrons. The van der Waals surface area contributed by atoms with E-state index in [1.54, 1.807) is 12.1 Å². The second-order valence-electron chi connectivity index (χ2n) is 3.72. The maximum absolute atomic E-state index is 11.8. The van der Waals surface area contributed by atoms with Crippen molar-refractivity contribution in [3.05, 3.63) is 35.4 Å². The fraction of sp³-hybridized carbons (Fsp3) is 0.417. The molecule has 0 aliphatic rings. The predicted octanol–water partition coefficient (Wildman–Crippen LogP) is 1.54. The van der Waals surface area contributed by atoms with Crippen molar-refractivity contribution in [2.45, 2.75) is 24.3 Å². The minimum Gasteiger partial charge on any atom is -0.330 e. The van der Waals surface area contributed by atoms with Crippen molar-refractivity contribution in [3.8, 4) is 6.07 Å². The molecule has 0 heterocycles. The molecule has 0 saturated heterocycles. The molecule has 0 aliphatic heterocycles. The number of nitrogens with zero attached hydrogens (tertiary/aromatic N) is 1. The maximum atomic E-state index is 11.8. The minimum absolute atomic E-state index is 0.126. The van der Waals surface area contributed by atoms with Gasteiger partial charge in [-0.1, -0.05) is 19.1 Å². The number of nitriles is 1. The van der Waals surface area contributed by atoms with E-state index >= 15 is 0 Å². The SMILES string of the molecule is CC(CCN)S(=O)Cc1ccc(C#N)cc1. The van der Waals surface area contributed by atoms with Crippen molar-refractivity contribution in [2.24, 2.45) is 5.73 Å². The van der Waals surface area contributed by atoms with Gasteiger partial charge in [-0.05, 0) is 30.7 Å². The minimum atomic E-state index is -0.887. The van der Waals surface area contributed by atoms with Crippen LogP contribution in [0.15, 0.2) is 24.3 Å². The van der Waals surface area contributed by atoms with Gasteiger partial charge in [-0.3, -0.25) is 4.21 Å². The lowest BCUT2D eigenvalue weighted by molar-refractivity contribution is 0.665. The van der Waals surface area contributed by atoms with Crippen LogP contribution in [0.5, 0.6) is 0 Å². The van der Waals surface area contributed by atoms with E-state index in [4.69, 9.17) is 11.0 Å². The van der Waals surface area contributed by atoms with Gasteiger partial charge in [0, 0.05) is 21.8 Å². The van der Waals surface area contributed by atoms with E-state index in [1.165, 1.54) is 0 Å². The van der Waals surface area contributed by atoms with E-state index in [1.807, 2.05) is 19.1 Å². The van der Waals surface area contributed by atoms with Crippen LogP contribution in [0.25, 0.3) is 0 Å². The molecule has 0 bridgehead atoms. The largest absolute Gasteiger partial charge is 0.330 e. The monoisotopic (exact) mass is 236 g/mol. The summed E-state index contributed by atoms with van der Waals surface area (Å²) in [5.41, 5.74) is 7.06. The molecule has 16 heavy (non-hydrogen) atoms. The van der Waals surface area contributed by atoms with Crippen molar-refractivity contribution in [2.75, 3.05) is 6.54 Å². The van der Waals surface area contributed by atoms with Gasteiger partial charge in [-0.15, -0.1) is 0 Å². The summed E-state index contributed by atoms with van der Waals surface area (Å²) in [6.07, 6.45) is 0.781. The van der Waals surface area contributed by atoms with Gasteiger partial charge in [-0.2, -0.15) is 5.26 Å². The van der Waals surface area contributed by atoms with Crippen molar-refractivity contribution >= 4 is 10.8 Å². The van der Waals surface area contributed by atoms with Crippen molar-refractivity contribution in [3.63, 3.8) is 0 Å². The van der Waals surface area contributed by atoms with Crippen LogP contribution in [0.2, 0.25) is 0 Å². The van der Waals surface area contributed by atoms with Crippen LogP contribution in [0, 0.1) is 11.3 Å². The van der Waals surface area contributed by atoms with Crippen LogP contribution in [0.4, 0.5) is 0 Å². The molecule has 4 heteroatoms. The molecule has 1 rings (SSSR count). The summed E-state index contributed by atoms with van der Waals surface area (Å²) >= 11 is 0. The third kappa shape index (κ3) is 3.76. The zero-order valence-corrected chi connectivity index (χ0v) is 10.2. The summed E-state index contributed by atoms with van der Waals surface area (Å²) < 4.78 is 11.8. The fourth-order valence-corrected chi connectivity index (χ4v) is 2.55. The molecule has 3 nitrogen and oxygen atoms in total. The van der Waals surface area contributed by atoms with E-state index in [0.717, 1.165) is 12.0 Å². The Morgan fingerprint density at radius 3 is 2.56 bits per heavy atom. The van der Waals surface area contributed by atoms with Crippen LogP contribution in [-0.4, -0.2) is 16.0 Å². The standard InChI is InChI=1S/C12H16N2OS/c1-10(6-7-13)16(15)9-12-4-2-11(8-14)3-5-12/h2-5,10H,6-7,9,13H2,1H3. The molecule has 2 unspecified atom stereocenters. The molecule has 0 spiro atoms. The number of benzene rings is 1. The molecule has 0 fully saturated rings. The molecule has 0 aliphatic carbocycles. The first-order valence-corrected chi connectivity index (χ1v) is 6.62. The molecule has 1 aromatic rings. The summed E-state index contributed by atoms with van der Waals surface area (Å²) in [5.74, 6) is 0.535. The quantitative estimate of drug-likeness (QED) is 0.843. The van der Waals surface area contributed by atoms with E-state index in [0.29, 0.717) is 17.9 Å². The summed E-state index contributed by atoms with van der Waals surface area (Å²) in [6, 6.07) is 9.26. The zero-order chi connectivity index (χ0) is 12.0. The summed E-state index contributed by atoms with van der Waals surface area (Å²) in [4.78, 5) is 0. The van der Waals surface area contributed by atoms with Gasteiger partial charge >= 0.3 is 0 Å². The Bertz CT molecular complexity index is 394. The number of hydrogen-bond donors (Lipinski definition) is 1. The van der Waals surface area contributed by atoms with E-state index in [9.17, 15) is 4.21 Å². The predicted molar refractivity (Wildman–Crippen MR) is 66.1 cm³/mol. The van der Waals surface area contributed by atoms with Crippen LogP contribution in [0.3, 0.4) is 0 Å². The normalized spacial score (nSPS) is 14.1. The summed E-state index contributed by atoms with van der Waals surface area (Å²) in [5, 5.41) is 8.77. The lowest BCUT2D eigenvalue weighted by Gasteiger charge is -2.09. The first-order chi connectivity index (χ1) is 7.67. The molecule has 1 aromatic carbocycles. The first kappa shape index (κ1) is 12.9. The van der Waals surface area contributed by atoms with Gasteiger partial charge in [0.25, 0.3) is 0 Å². The van der Waals surface area contributed by atoms with Crippen LogP contribution < -0.4 is 5.73 Å². The molecule has 0 radical (unpaired) electrons. The fourth-order valence-electron chi connectivity index (χ4n) is 1.35. The highest BCUT2D eigenvalue weighted by Crippen LogP contribution is 2.10. The van der Waals surface area contributed by atoms with Gasteiger partial charge in [-0.25, -0.2) is 0 Å². The second kappa shape index (κ2) is 6.41. The first-order valence-electron chi connectivity index (χ1n) is 5.23. The Hall–Kier alpha value is -1.18. The molecule has 0 aromatic heterocycles. The topological polar surface area (TPSA) is 66.9 Å². The smallest absolute Gasteiger partial charge is 0.0991 e. The van der Waals surface area contributed by atoms with Gasteiger partial charge in [0.05, 0.1) is 11.6 Å². The zero-order valence-electron chi connectivity index (χ0n) is 9.35. The Labute approximate surface area is 98.7 Å². The van der Waals surface area contributed by atoms with Gasteiger partial charge in [0.1, 0.15) is 0 Å². The summed E-state index contributed by atoms with van der Waals surface area (Å²) in [6.45, 7) is 2.52.